The van der Waals surface area contributed by atoms with Crippen molar-refractivity contribution >= 4 is 0 Å². The van der Waals surface area contributed by atoms with Gasteiger partial charge in [-0.25, -0.2) is 0 Å². The Bertz CT molecular complexity index is 434. The molecule has 0 aliphatic heterocycles. The predicted molar refractivity (Wildman–Crippen MR) is 69.8 cm³/mol. The summed E-state index contributed by atoms with van der Waals surface area (Å²) in [6, 6.07) is 10.5. The standard InChI is InChI=1S/C14H19N3/c1-2-13-6-3-4-7-14(13)12-15-9-11-17-10-5-8-16-17/h3-8,10,15H,2,9,11-12H2,1H3. The molecule has 0 aliphatic rings. The highest BCUT2D eigenvalue weighted by atomic mass is 15.3. The Morgan fingerprint density at radius 3 is 2.71 bits per heavy atom. The van der Waals surface area contributed by atoms with Crippen LogP contribution in [0.3, 0.4) is 0 Å². The van der Waals surface area contributed by atoms with E-state index in [9.17, 15) is 0 Å². The zero-order chi connectivity index (χ0) is 11.9. The number of benzene rings is 1. The van der Waals surface area contributed by atoms with Crippen molar-refractivity contribution < 1.29 is 0 Å². The van der Waals surface area contributed by atoms with Crippen LogP contribution >= 0.6 is 0 Å². The first-order valence-corrected chi connectivity index (χ1v) is 6.15. The molecule has 17 heavy (non-hydrogen) atoms. The summed E-state index contributed by atoms with van der Waals surface area (Å²) in [6.07, 6.45) is 4.89. The number of aromatic nitrogens is 2. The molecule has 3 heteroatoms. The predicted octanol–water partition coefficient (Wildman–Crippen LogP) is 2.24. The Hall–Kier alpha value is -1.61. The van der Waals surface area contributed by atoms with Crippen LogP contribution in [0, 0.1) is 0 Å². The van der Waals surface area contributed by atoms with Gasteiger partial charge < -0.3 is 5.32 Å². The van der Waals surface area contributed by atoms with Crippen molar-refractivity contribution in [2.45, 2.75) is 26.4 Å². The van der Waals surface area contributed by atoms with Gasteiger partial charge in [-0.05, 0) is 23.6 Å². The largest absolute Gasteiger partial charge is 0.311 e. The summed E-state index contributed by atoms with van der Waals surface area (Å²) in [5.74, 6) is 0. The van der Waals surface area contributed by atoms with Crippen LogP contribution < -0.4 is 5.32 Å². The van der Waals surface area contributed by atoms with Gasteiger partial charge in [0.15, 0.2) is 0 Å². The second-order valence-corrected chi connectivity index (χ2v) is 4.07. The molecular weight excluding hydrogens is 210 g/mol. The zero-order valence-corrected chi connectivity index (χ0v) is 10.3. The van der Waals surface area contributed by atoms with Crippen LogP contribution in [0.2, 0.25) is 0 Å². The average Bonchev–Trinajstić information content (AvgIpc) is 2.88. The van der Waals surface area contributed by atoms with Crippen molar-refractivity contribution in [2.24, 2.45) is 0 Å². The molecule has 0 fully saturated rings. The van der Waals surface area contributed by atoms with Crippen LogP contribution in [0.5, 0.6) is 0 Å². The summed E-state index contributed by atoms with van der Waals surface area (Å²) in [5, 5.41) is 7.63. The van der Waals surface area contributed by atoms with E-state index in [2.05, 4.69) is 41.6 Å². The van der Waals surface area contributed by atoms with E-state index < -0.39 is 0 Å². The molecule has 0 saturated heterocycles. The van der Waals surface area contributed by atoms with Gasteiger partial charge in [-0.3, -0.25) is 4.68 Å². The molecule has 0 atom stereocenters. The average molecular weight is 229 g/mol. The number of nitrogens with zero attached hydrogens (tertiary/aromatic N) is 2. The molecule has 0 bridgehead atoms. The number of nitrogens with one attached hydrogen (secondary N) is 1. The molecule has 0 radical (unpaired) electrons. The quantitative estimate of drug-likeness (QED) is 0.770. The Kier molecular flexibility index (Phi) is 4.33. The van der Waals surface area contributed by atoms with Gasteiger partial charge in [0, 0.05) is 25.5 Å². The lowest BCUT2D eigenvalue weighted by atomic mass is 10.1. The van der Waals surface area contributed by atoms with Crippen LogP contribution in [-0.4, -0.2) is 16.3 Å². The van der Waals surface area contributed by atoms with E-state index in [0.29, 0.717) is 0 Å². The van der Waals surface area contributed by atoms with Gasteiger partial charge >= 0.3 is 0 Å². The summed E-state index contributed by atoms with van der Waals surface area (Å²) < 4.78 is 1.94. The van der Waals surface area contributed by atoms with Gasteiger partial charge in [-0.2, -0.15) is 5.10 Å². The molecule has 3 nitrogen and oxygen atoms in total. The molecule has 1 aromatic carbocycles. The van der Waals surface area contributed by atoms with Crippen molar-refractivity contribution in [3.63, 3.8) is 0 Å². The summed E-state index contributed by atoms with van der Waals surface area (Å²) in [4.78, 5) is 0. The minimum absolute atomic E-state index is 0.918. The Labute approximate surface area is 102 Å². The van der Waals surface area contributed by atoms with E-state index in [1.807, 2.05) is 23.1 Å². The fourth-order valence-corrected chi connectivity index (χ4v) is 1.92. The normalized spacial score (nSPS) is 10.6. The van der Waals surface area contributed by atoms with Gasteiger partial charge in [0.05, 0.1) is 6.54 Å². The maximum Gasteiger partial charge on any atom is 0.0534 e. The molecular formula is C14H19N3. The number of rotatable bonds is 6. The number of hydrogen-bond acceptors (Lipinski definition) is 2. The first-order valence-electron chi connectivity index (χ1n) is 6.15. The third-order valence-electron chi connectivity index (χ3n) is 2.89. The Morgan fingerprint density at radius 1 is 1.18 bits per heavy atom. The van der Waals surface area contributed by atoms with E-state index in [-0.39, 0.29) is 0 Å². The molecule has 1 N–H and O–H groups in total. The molecule has 0 saturated carbocycles. The SMILES string of the molecule is CCc1ccccc1CNCCn1cccn1. The minimum Gasteiger partial charge on any atom is -0.311 e. The maximum atomic E-state index is 4.17. The van der Waals surface area contributed by atoms with Crippen molar-refractivity contribution in [3.05, 3.63) is 53.9 Å². The first kappa shape index (κ1) is 11.9. The summed E-state index contributed by atoms with van der Waals surface area (Å²) in [7, 11) is 0. The van der Waals surface area contributed by atoms with E-state index in [1.54, 1.807) is 0 Å². The van der Waals surface area contributed by atoms with Crippen LogP contribution in [-0.2, 0) is 19.5 Å². The van der Waals surface area contributed by atoms with Gasteiger partial charge in [0.25, 0.3) is 0 Å². The van der Waals surface area contributed by atoms with Gasteiger partial charge in [-0.15, -0.1) is 0 Å². The van der Waals surface area contributed by atoms with Crippen molar-refractivity contribution in [3.8, 4) is 0 Å². The molecule has 2 rings (SSSR count). The second kappa shape index (κ2) is 6.21. The van der Waals surface area contributed by atoms with E-state index in [1.165, 1.54) is 11.1 Å². The highest BCUT2D eigenvalue weighted by Crippen LogP contribution is 2.08. The molecule has 90 valence electrons. The molecule has 1 heterocycles. The molecule has 2 aromatic rings. The lowest BCUT2D eigenvalue weighted by molar-refractivity contribution is 0.554. The van der Waals surface area contributed by atoms with E-state index in [4.69, 9.17) is 0 Å². The number of hydrogen-bond donors (Lipinski definition) is 1. The third-order valence-corrected chi connectivity index (χ3v) is 2.89. The first-order chi connectivity index (χ1) is 8.40. The summed E-state index contributed by atoms with van der Waals surface area (Å²) >= 11 is 0. The Morgan fingerprint density at radius 2 is 2.00 bits per heavy atom. The maximum absolute atomic E-state index is 4.17. The van der Waals surface area contributed by atoms with Crippen molar-refractivity contribution in [1.29, 1.82) is 0 Å². The van der Waals surface area contributed by atoms with Crippen LogP contribution in [0.25, 0.3) is 0 Å². The number of aryl methyl sites for hydroxylation is 1. The topological polar surface area (TPSA) is 29.9 Å². The van der Waals surface area contributed by atoms with E-state index >= 15 is 0 Å². The van der Waals surface area contributed by atoms with E-state index in [0.717, 1.165) is 26.1 Å². The molecule has 0 unspecified atom stereocenters. The van der Waals surface area contributed by atoms with Crippen LogP contribution in [0.15, 0.2) is 42.7 Å². The lowest BCUT2D eigenvalue weighted by Crippen LogP contribution is -2.20. The summed E-state index contributed by atoms with van der Waals surface area (Å²) in [5.41, 5.74) is 2.83. The van der Waals surface area contributed by atoms with Gasteiger partial charge in [0.1, 0.15) is 0 Å². The molecule has 0 amide bonds. The fraction of sp³-hybridized carbons (Fsp3) is 0.357. The van der Waals surface area contributed by atoms with Gasteiger partial charge in [-0.1, -0.05) is 31.2 Å². The van der Waals surface area contributed by atoms with Gasteiger partial charge in [0.2, 0.25) is 0 Å². The Balaban J connectivity index is 1.78. The molecule has 1 aromatic heterocycles. The molecule has 0 aliphatic carbocycles. The third kappa shape index (κ3) is 3.43. The smallest absolute Gasteiger partial charge is 0.0534 e. The monoisotopic (exact) mass is 229 g/mol. The minimum atomic E-state index is 0.918. The van der Waals surface area contributed by atoms with Crippen LogP contribution in [0.1, 0.15) is 18.1 Å². The van der Waals surface area contributed by atoms with Crippen molar-refractivity contribution in [1.82, 2.24) is 15.1 Å². The highest BCUT2D eigenvalue weighted by Gasteiger charge is 1.98. The van der Waals surface area contributed by atoms with Crippen LogP contribution in [0.4, 0.5) is 0 Å². The zero-order valence-electron chi connectivity index (χ0n) is 10.3. The highest BCUT2D eigenvalue weighted by molar-refractivity contribution is 5.26. The fourth-order valence-electron chi connectivity index (χ4n) is 1.92. The summed E-state index contributed by atoms with van der Waals surface area (Å²) in [6.45, 7) is 4.99. The van der Waals surface area contributed by atoms with Crippen molar-refractivity contribution in [2.75, 3.05) is 6.54 Å². The molecule has 0 spiro atoms. The lowest BCUT2D eigenvalue weighted by Gasteiger charge is -2.09. The second-order valence-electron chi connectivity index (χ2n) is 4.07.